The molecule has 0 atom stereocenters. The van der Waals surface area contributed by atoms with E-state index in [1.165, 1.54) is 0 Å². The van der Waals surface area contributed by atoms with Crippen molar-refractivity contribution in [2.45, 2.75) is 39.8 Å². The Morgan fingerprint density at radius 1 is 1.45 bits per heavy atom. The third-order valence-electron chi connectivity index (χ3n) is 2.28. The first-order valence-electron chi connectivity index (χ1n) is 6.65. The second-order valence-electron chi connectivity index (χ2n) is 4.53. The zero-order chi connectivity index (χ0) is 15.0. The Morgan fingerprint density at radius 3 is 2.85 bits per heavy atom. The van der Waals surface area contributed by atoms with Crippen LogP contribution in [0.4, 0.5) is 5.82 Å². The van der Waals surface area contributed by atoms with Gasteiger partial charge in [-0.3, -0.25) is 4.79 Å². The third-order valence-corrected chi connectivity index (χ3v) is 2.48. The topological polar surface area (TPSA) is 76.1 Å². The van der Waals surface area contributed by atoms with Crippen LogP contribution in [0.2, 0.25) is 5.15 Å². The number of amides is 1. The zero-order valence-corrected chi connectivity index (χ0v) is 12.8. The molecule has 112 valence electrons. The number of aromatic nitrogens is 2. The first kappa shape index (κ1) is 16.7. The average Bonchev–Trinajstić information content (AvgIpc) is 2.35. The lowest BCUT2D eigenvalue weighted by Crippen LogP contribution is -2.31. The molecule has 20 heavy (non-hydrogen) atoms. The van der Waals surface area contributed by atoms with Crippen molar-refractivity contribution in [1.82, 2.24) is 15.3 Å². The van der Waals surface area contributed by atoms with Crippen LogP contribution in [0.3, 0.4) is 0 Å². The molecule has 0 spiro atoms. The molecular weight excluding hydrogens is 280 g/mol. The van der Waals surface area contributed by atoms with Crippen LogP contribution in [-0.4, -0.2) is 35.1 Å². The van der Waals surface area contributed by atoms with Crippen molar-refractivity contribution in [3.05, 3.63) is 17.0 Å². The lowest BCUT2D eigenvalue weighted by Gasteiger charge is -2.10. The van der Waals surface area contributed by atoms with Crippen LogP contribution < -0.4 is 10.6 Å². The Labute approximate surface area is 124 Å². The summed E-state index contributed by atoms with van der Waals surface area (Å²) in [4.78, 5) is 19.8. The number of carbonyl (C=O) groups is 1. The first-order chi connectivity index (χ1) is 9.51. The van der Waals surface area contributed by atoms with E-state index in [0.29, 0.717) is 43.0 Å². The number of hydrogen-bond acceptors (Lipinski definition) is 5. The van der Waals surface area contributed by atoms with Crippen LogP contribution in [0.25, 0.3) is 0 Å². The van der Waals surface area contributed by atoms with Gasteiger partial charge in [0.2, 0.25) is 5.91 Å². The average molecular weight is 301 g/mol. The molecule has 1 aromatic rings. The molecule has 1 heterocycles. The molecule has 0 aliphatic carbocycles. The Balaban J connectivity index is 2.46. The standard InChI is InChI=1S/C13H21ClN4O2/c1-4-20-8-12-17-10(14)7-11(18-12)15-6-5-13(19)16-9(2)3/h7,9H,4-6,8H2,1-3H3,(H,16,19)(H,15,17,18). The summed E-state index contributed by atoms with van der Waals surface area (Å²) in [6, 6.07) is 1.77. The summed E-state index contributed by atoms with van der Waals surface area (Å²) in [6.45, 7) is 7.15. The minimum Gasteiger partial charge on any atom is -0.374 e. The van der Waals surface area contributed by atoms with Gasteiger partial charge in [-0.15, -0.1) is 0 Å². The van der Waals surface area contributed by atoms with Gasteiger partial charge in [0.25, 0.3) is 0 Å². The van der Waals surface area contributed by atoms with Crippen molar-refractivity contribution < 1.29 is 9.53 Å². The summed E-state index contributed by atoms with van der Waals surface area (Å²) < 4.78 is 5.24. The van der Waals surface area contributed by atoms with Gasteiger partial charge in [0.05, 0.1) is 0 Å². The highest BCUT2D eigenvalue weighted by atomic mass is 35.5. The van der Waals surface area contributed by atoms with Crippen LogP contribution >= 0.6 is 11.6 Å². The van der Waals surface area contributed by atoms with Crippen LogP contribution in [0.5, 0.6) is 0 Å². The molecule has 7 heteroatoms. The summed E-state index contributed by atoms with van der Waals surface area (Å²) in [5.41, 5.74) is 0. The summed E-state index contributed by atoms with van der Waals surface area (Å²) >= 11 is 5.91. The number of carbonyl (C=O) groups excluding carboxylic acids is 1. The fraction of sp³-hybridized carbons (Fsp3) is 0.615. The molecule has 0 aromatic carbocycles. The fourth-order valence-electron chi connectivity index (χ4n) is 1.51. The van der Waals surface area contributed by atoms with Gasteiger partial charge < -0.3 is 15.4 Å². The van der Waals surface area contributed by atoms with Crippen molar-refractivity contribution >= 4 is 23.3 Å². The van der Waals surface area contributed by atoms with Gasteiger partial charge in [-0.25, -0.2) is 9.97 Å². The van der Waals surface area contributed by atoms with Crippen molar-refractivity contribution in [1.29, 1.82) is 0 Å². The molecule has 6 nitrogen and oxygen atoms in total. The molecule has 0 saturated carbocycles. The molecule has 0 aliphatic heterocycles. The van der Waals surface area contributed by atoms with Gasteiger partial charge in [0, 0.05) is 31.7 Å². The normalized spacial score (nSPS) is 10.7. The van der Waals surface area contributed by atoms with Crippen LogP contribution in [-0.2, 0) is 16.1 Å². The lowest BCUT2D eigenvalue weighted by atomic mass is 10.3. The van der Waals surface area contributed by atoms with E-state index in [9.17, 15) is 4.79 Å². The van der Waals surface area contributed by atoms with E-state index >= 15 is 0 Å². The molecule has 0 fully saturated rings. The quantitative estimate of drug-likeness (QED) is 0.718. The predicted octanol–water partition coefficient (Wildman–Crippen LogP) is 1.99. The van der Waals surface area contributed by atoms with E-state index < -0.39 is 0 Å². The maximum atomic E-state index is 11.5. The van der Waals surface area contributed by atoms with Crippen molar-refractivity contribution in [2.75, 3.05) is 18.5 Å². The highest BCUT2D eigenvalue weighted by molar-refractivity contribution is 6.29. The van der Waals surface area contributed by atoms with E-state index in [0.717, 1.165) is 0 Å². The maximum absolute atomic E-state index is 11.5. The van der Waals surface area contributed by atoms with Crippen LogP contribution in [0, 0.1) is 0 Å². The van der Waals surface area contributed by atoms with Gasteiger partial charge in [-0.05, 0) is 20.8 Å². The number of nitrogens with zero attached hydrogens (tertiary/aromatic N) is 2. The van der Waals surface area contributed by atoms with Gasteiger partial charge >= 0.3 is 0 Å². The van der Waals surface area contributed by atoms with Crippen LogP contribution in [0.15, 0.2) is 6.07 Å². The van der Waals surface area contributed by atoms with E-state index in [-0.39, 0.29) is 11.9 Å². The molecule has 1 amide bonds. The molecule has 0 radical (unpaired) electrons. The molecular formula is C13H21ClN4O2. The molecule has 0 bridgehead atoms. The third kappa shape index (κ3) is 6.68. The fourth-order valence-corrected chi connectivity index (χ4v) is 1.71. The summed E-state index contributed by atoms with van der Waals surface area (Å²) in [7, 11) is 0. The highest BCUT2D eigenvalue weighted by Crippen LogP contribution is 2.12. The predicted molar refractivity (Wildman–Crippen MR) is 78.8 cm³/mol. The van der Waals surface area contributed by atoms with Gasteiger partial charge in [0.15, 0.2) is 5.82 Å². The van der Waals surface area contributed by atoms with E-state index in [1.54, 1.807) is 6.07 Å². The molecule has 0 aliphatic rings. The SMILES string of the molecule is CCOCc1nc(Cl)cc(NCCC(=O)NC(C)C)n1. The van der Waals surface area contributed by atoms with Crippen molar-refractivity contribution in [2.24, 2.45) is 0 Å². The van der Waals surface area contributed by atoms with Gasteiger partial charge in [-0.2, -0.15) is 0 Å². The summed E-state index contributed by atoms with van der Waals surface area (Å²) in [5.74, 6) is 1.12. The van der Waals surface area contributed by atoms with E-state index in [4.69, 9.17) is 16.3 Å². The Kier molecular flexibility index (Phi) is 7.25. The highest BCUT2D eigenvalue weighted by Gasteiger charge is 2.05. The molecule has 0 saturated heterocycles. The molecule has 0 unspecified atom stereocenters. The minimum atomic E-state index is 0.00203. The van der Waals surface area contributed by atoms with Gasteiger partial charge in [0.1, 0.15) is 17.6 Å². The number of ether oxygens (including phenoxy) is 1. The smallest absolute Gasteiger partial charge is 0.221 e. The number of rotatable bonds is 8. The number of nitrogens with one attached hydrogen (secondary N) is 2. The van der Waals surface area contributed by atoms with E-state index in [1.807, 2.05) is 20.8 Å². The molecule has 2 N–H and O–H groups in total. The number of anilines is 1. The Morgan fingerprint density at radius 2 is 2.20 bits per heavy atom. The number of hydrogen-bond donors (Lipinski definition) is 2. The zero-order valence-electron chi connectivity index (χ0n) is 12.1. The van der Waals surface area contributed by atoms with Crippen molar-refractivity contribution in [3.63, 3.8) is 0 Å². The van der Waals surface area contributed by atoms with Crippen LogP contribution in [0.1, 0.15) is 33.0 Å². The number of halogens is 1. The molecule has 1 rings (SSSR count). The monoisotopic (exact) mass is 300 g/mol. The van der Waals surface area contributed by atoms with Crippen molar-refractivity contribution in [3.8, 4) is 0 Å². The van der Waals surface area contributed by atoms with Gasteiger partial charge in [-0.1, -0.05) is 11.6 Å². The largest absolute Gasteiger partial charge is 0.374 e. The summed E-state index contributed by atoms with van der Waals surface area (Å²) in [6.07, 6.45) is 0.376. The minimum absolute atomic E-state index is 0.00203. The first-order valence-corrected chi connectivity index (χ1v) is 7.03. The summed E-state index contributed by atoms with van der Waals surface area (Å²) in [5, 5.41) is 6.23. The Hall–Kier alpha value is -1.40. The van der Waals surface area contributed by atoms with E-state index in [2.05, 4.69) is 20.6 Å². The lowest BCUT2D eigenvalue weighted by molar-refractivity contribution is -0.121. The second kappa shape index (κ2) is 8.71. The maximum Gasteiger partial charge on any atom is 0.221 e. The molecule has 1 aromatic heterocycles. The second-order valence-corrected chi connectivity index (χ2v) is 4.92. The Bertz CT molecular complexity index is 440.